The average Bonchev–Trinajstić information content (AvgIpc) is 2.76. The summed E-state index contributed by atoms with van der Waals surface area (Å²) in [5.74, 6) is 0. The number of aliphatic hydroxyl groups is 1. The Morgan fingerprint density at radius 2 is 2.10 bits per heavy atom. The maximum absolute atomic E-state index is 10.8. The van der Waals surface area contributed by atoms with Crippen molar-refractivity contribution in [2.75, 3.05) is 19.7 Å². The van der Waals surface area contributed by atoms with Crippen LogP contribution in [0.1, 0.15) is 43.4 Å². The molecule has 3 heteroatoms. The number of hydrogen-bond acceptors (Lipinski definition) is 3. The number of nitrogens with zero attached hydrogens (tertiary/aromatic N) is 1. The van der Waals surface area contributed by atoms with Gasteiger partial charge in [0.05, 0.1) is 12.2 Å². The number of aliphatic hydroxyl groups excluding tert-OH is 1. The first-order chi connectivity index (χ1) is 9.75. The minimum atomic E-state index is -0.362. The average molecular weight is 275 g/mol. The number of fused-ring (bicyclic) bond motifs is 1. The summed E-state index contributed by atoms with van der Waals surface area (Å²) in [6, 6.07) is 8.61. The zero-order valence-electron chi connectivity index (χ0n) is 12.3. The third-order valence-corrected chi connectivity index (χ3v) is 4.64. The molecule has 3 unspecified atom stereocenters. The van der Waals surface area contributed by atoms with E-state index in [1.54, 1.807) is 0 Å². The van der Waals surface area contributed by atoms with Crippen molar-refractivity contribution in [2.45, 2.75) is 50.9 Å². The van der Waals surface area contributed by atoms with Crippen LogP contribution >= 0.6 is 0 Å². The number of rotatable bonds is 1. The molecule has 1 N–H and O–H groups in total. The summed E-state index contributed by atoms with van der Waals surface area (Å²) in [6.07, 6.45) is 4.29. The van der Waals surface area contributed by atoms with Gasteiger partial charge in [0.15, 0.2) is 0 Å². The monoisotopic (exact) mass is 275 g/mol. The van der Waals surface area contributed by atoms with Gasteiger partial charge in [-0.3, -0.25) is 4.90 Å². The number of ether oxygens (including phenoxy) is 1. The molecule has 3 rings (SSSR count). The molecule has 1 aliphatic carbocycles. The molecule has 0 bridgehead atoms. The van der Waals surface area contributed by atoms with Crippen molar-refractivity contribution in [3.8, 4) is 0 Å². The molecule has 1 fully saturated rings. The standard InChI is InChI=1S/C17H25NO2/c1-13-12-18(10-5-11-20-13)16-9-4-7-14-6-2-3-8-15(14)17(16)19/h2-3,6,8,13,16-17,19H,4-5,7,9-12H2,1H3. The van der Waals surface area contributed by atoms with Gasteiger partial charge in [0, 0.05) is 25.7 Å². The Hall–Kier alpha value is -0.900. The lowest BCUT2D eigenvalue weighted by Gasteiger charge is -2.34. The van der Waals surface area contributed by atoms with Crippen molar-refractivity contribution in [1.82, 2.24) is 4.90 Å². The van der Waals surface area contributed by atoms with Crippen LogP contribution in [0.15, 0.2) is 24.3 Å². The van der Waals surface area contributed by atoms with E-state index in [2.05, 4.69) is 30.0 Å². The normalized spacial score (nSPS) is 32.2. The van der Waals surface area contributed by atoms with Crippen molar-refractivity contribution < 1.29 is 9.84 Å². The first-order valence-corrected chi connectivity index (χ1v) is 7.87. The molecule has 0 radical (unpaired) electrons. The number of hydrogen-bond donors (Lipinski definition) is 1. The molecule has 2 aliphatic rings. The number of benzene rings is 1. The van der Waals surface area contributed by atoms with Gasteiger partial charge in [-0.05, 0) is 43.7 Å². The highest BCUT2D eigenvalue weighted by Crippen LogP contribution is 2.32. The first kappa shape index (κ1) is 14.1. The Morgan fingerprint density at radius 3 is 3.00 bits per heavy atom. The van der Waals surface area contributed by atoms with E-state index >= 15 is 0 Å². The molecule has 0 spiro atoms. The summed E-state index contributed by atoms with van der Waals surface area (Å²) < 4.78 is 5.74. The molecule has 1 aromatic carbocycles. The largest absolute Gasteiger partial charge is 0.387 e. The fourth-order valence-corrected chi connectivity index (χ4v) is 3.63. The number of aryl methyl sites for hydroxylation is 1. The summed E-state index contributed by atoms with van der Waals surface area (Å²) in [5.41, 5.74) is 2.45. The van der Waals surface area contributed by atoms with E-state index < -0.39 is 0 Å². The minimum absolute atomic E-state index is 0.239. The predicted octanol–water partition coefficient (Wildman–Crippen LogP) is 2.54. The molecule has 1 aliphatic heterocycles. The zero-order valence-corrected chi connectivity index (χ0v) is 12.3. The third-order valence-electron chi connectivity index (χ3n) is 4.64. The highest BCUT2D eigenvalue weighted by atomic mass is 16.5. The van der Waals surface area contributed by atoms with Crippen molar-refractivity contribution in [3.05, 3.63) is 35.4 Å². The lowest BCUT2D eigenvalue weighted by atomic mass is 9.97. The Kier molecular flexibility index (Phi) is 4.39. The summed E-state index contributed by atoms with van der Waals surface area (Å²) >= 11 is 0. The van der Waals surface area contributed by atoms with Crippen LogP contribution in [0.4, 0.5) is 0 Å². The molecule has 1 aromatic rings. The maximum Gasteiger partial charge on any atom is 0.0947 e. The Bertz CT molecular complexity index is 448. The Balaban J connectivity index is 1.82. The second-order valence-electron chi connectivity index (χ2n) is 6.13. The minimum Gasteiger partial charge on any atom is -0.387 e. The highest BCUT2D eigenvalue weighted by molar-refractivity contribution is 5.31. The van der Waals surface area contributed by atoms with Gasteiger partial charge in [0.2, 0.25) is 0 Å². The molecule has 3 atom stereocenters. The van der Waals surface area contributed by atoms with E-state index in [0.29, 0.717) is 0 Å². The lowest BCUT2D eigenvalue weighted by molar-refractivity contribution is 0.0216. The van der Waals surface area contributed by atoms with Crippen molar-refractivity contribution in [1.29, 1.82) is 0 Å². The molecule has 110 valence electrons. The zero-order chi connectivity index (χ0) is 13.9. The van der Waals surface area contributed by atoms with Crippen LogP contribution < -0.4 is 0 Å². The van der Waals surface area contributed by atoms with E-state index in [9.17, 15) is 5.11 Å². The summed E-state index contributed by atoms with van der Waals surface area (Å²) in [4.78, 5) is 2.45. The van der Waals surface area contributed by atoms with Gasteiger partial charge in [-0.25, -0.2) is 0 Å². The topological polar surface area (TPSA) is 32.7 Å². The van der Waals surface area contributed by atoms with Crippen molar-refractivity contribution in [3.63, 3.8) is 0 Å². The molecule has 0 aromatic heterocycles. The summed E-state index contributed by atoms with van der Waals surface area (Å²) in [5, 5.41) is 10.8. The van der Waals surface area contributed by atoms with Gasteiger partial charge in [-0.1, -0.05) is 24.3 Å². The second-order valence-corrected chi connectivity index (χ2v) is 6.13. The van der Waals surface area contributed by atoms with Gasteiger partial charge >= 0.3 is 0 Å². The molecular weight excluding hydrogens is 250 g/mol. The van der Waals surface area contributed by atoms with E-state index in [4.69, 9.17) is 4.74 Å². The lowest BCUT2D eigenvalue weighted by Crippen LogP contribution is -2.42. The van der Waals surface area contributed by atoms with E-state index in [1.807, 2.05) is 6.07 Å². The summed E-state index contributed by atoms with van der Waals surface area (Å²) in [7, 11) is 0. The van der Waals surface area contributed by atoms with Crippen LogP contribution in [-0.2, 0) is 11.2 Å². The molecular formula is C17H25NO2. The predicted molar refractivity (Wildman–Crippen MR) is 79.7 cm³/mol. The van der Waals surface area contributed by atoms with Crippen LogP contribution in [0.2, 0.25) is 0 Å². The van der Waals surface area contributed by atoms with Crippen LogP contribution in [-0.4, -0.2) is 41.8 Å². The fraction of sp³-hybridized carbons (Fsp3) is 0.647. The third kappa shape index (κ3) is 2.90. The highest BCUT2D eigenvalue weighted by Gasteiger charge is 2.31. The quantitative estimate of drug-likeness (QED) is 0.800. The van der Waals surface area contributed by atoms with Crippen LogP contribution in [0.3, 0.4) is 0 Å². The maximum atomic E-state index is 10.8. The first-order valence-electron chi connectivity index (χ1n) is 7.87. The Labute approximate surface area is 121 Å². The Morgan fingerprint density at radius 1 is 1.25 bits per heavy atom. The fourth-order valence-electron chi connectivity index (χ4n) is 3.63. The molecule has 1 heterocycles. The molecule has 0 amide bonds. The molecule has 3 nitrogen and oxygen atoms in total. The van der Waals surface area contributed by atoms with Crippen LogP contribution in [0.25, 0.3) is 0 Å². The van der Waals surface area contributed by atoms with Gasteiger partial charge in [0.1, 0.15) is 0 Å². The smallest absolute Gasteiger partial charge is 0.0947 e. The van der Waals surface area contributed by atoms with E-state index in [-0.39, 0.29) is 18.2 Å². The molecule has 0 saturated carbocycles. The molecule has 1 saturated heterocycles. The molecule has 20 heavy (non-hydrogen) atoms. The summed E-state index contributed by atoms with van der Waals surface area (Å²) in [6.45, 7) is 4.95. The van der Waals surface area contributed by atoms with Crippen LogP contribution in [0.5, 0.6) is 0 Å². The second kappa shape index (κ2) is 6.25. The SMILES string of the molecule is CC1CN(C2CCCc3ccccc3C2O)CCCO1. The van der Waals surface area contributed by atoms with Crippen molar-refractivity contribution >= 4 is 0 Å². The van der Waals surface area contributed by atoms with Gasteiger partial charge in [-0.2, -0.15) is 0 Å². The van der Waals surface area contributed by atoms with Gasteiger partial charge in [-0.15, -0.1) is 0 Å². The van der Waals surface area contributed by atoms with Crippen LogP contribution in [0, 0.1) is 0 Å². The van der Waals surface area contributed by atoms with E-state index in [1.165, 1.54) is 5.56 Å². The van der Waals surface area contributed by atoms with Crippen molar-refractivity contribution in [2.24, 2.45) is 0 Å². The van der Waals surface area contributed by atoms with E-state index in [0.717, 1.165) is 50.9 Å². The van der Waals surface area contributed by atoms with Gasteiger partial charge < -0.3 is 9.84 Å². The van der Waals surface area contributed by atoms with Gasteiger partial charge in [0.25, 0.3) is 0 Å².